The Balaban J connectivity index is 3.21. The average Bonchev–Trinajstić information content (AvgIpc) is 2.44. The summed E-state index contributed by atoms with van der Waals surface area (Å²) in [7, 11) is 2.71. The second kappa shape index (κ2) is 6.74. The molecule has 0 aromatic heterocycles. The van der Waals surface area contributed by atoms with Crippen molar-refractivity contribution in [2.75, 3.05) is 37.9 Å². The quantitative estimate of drug-likeness (QED) is 0.616. The average molecular weight is 283 g/mol. The summed E-state index contributed by atoms with van der Waals surface area (Å²) in [6.07, 6.45) is 0. The molecule has 20 heavy (non-hydrogen) atoms. The van der Waals surface area contributed by atoms with Crippen molar-refractivity contribution in [1.29, 1.82) is 0 Å². The molecular formula is C13H18FN3O3. The second-order valence-electron chi connectivity index (χ2n) is 4.07. The first-order chi connectivity index (χ1) is 9.44. The van der Waals surface area contributed by atoms with Crippen LogP contribution in [0.15, 0.2) is 12.1 Å². The molecule has 7 heteroatoms. The Morgan fingerprint density at radius 1 is 1.45 bits per heavy atom. The molecule has 0 saturated carbocycles. The summed E-state index contributed by atoms with van der Waals surface area (Å²) in [6.45, 7) is 2.15. The van der Waals surface area contributed by atoms with Crippen LogP contribution in [0.3, 0.4) is 0 Å². The van der Waals surface area contributed by atoms with Gasteiger partial charge in [0.15, 0.2) is 0 Å². The maximum Gasteiger partial charge on any atom is 0.340 e. The van der Waals surface area contributed by atoms with E-state index >= 15 is 0 Å². The van der Waals surface area contributed by atoms with Crippen molar-refractivity contribution in [3.63, 3.8) is 0 Å². The molecule has 1 aromatic carbocycles. The highest BCUT2D eigenvalue weighted by Crippen LogP contribution is 2.26. The number of esters is 1. The van der Waals surface area contributed by atoms with E-state index < -0.39 is 11.8 Å². The lowest BCUT2D eigenvalue weighted by atomic mass is 10.1. The van der Waals surface area contributed by atoms with Crippen molar-refractivity contribution in [2.24, 2.45) is 0 Å². The predicted molar refractivity (Wildman–Crippen MR) is 74.1 cm³/mol. The molecule has 3 N–H and O–H groups in total. The number of carbonyl (C=O) groups is 2. The van der Waals surface area contributed by atoms with Crippen molar-refractivity contribution < 1.29 is 18.7 Å². The summed E-state index contributed by atoms with van der Waals surface area (Å²) in [4.78, 5) is 24.5. The molecule has 0 unspecified atom stereocenters. The largest absolute Gasteiger partial charge is 0.465 e. The minimum absolute atomic E-state index is 0.00547. The van der Waals surface area contributed by atoms with Gasteiger partial charge in [0.1, 0.15) is 5.82 Å². The molecule has 0 saturated heterocycles. The van der Waals surface area contributed by atoms with Crippen LogP contribution < -0.4 is 16.0 Å². The molecule has 0 aliphatic rings. The Bertz CT molecular complexity index is 520. The van der Waals surface area contributed by atoms with Gasteiger partial charge in [0.05, 0.1) is 24.9 Å². The topological polar surface area (TPSA) is 84.7 Å². The monoisotopic (exact) mass is 283 g/mol. The molecule has 110 valence electrons. The maximum atomic E-state index is 14.0. The van der Waals surface area contributed by atoms with Gasteiger partial charge in [0, 0.05) is 19.3 Å². The fourth-order valence-electron chi connectivity index (χ4n) is 1.73. The van der Waals surface area contributed by atoms with Gasteiger partial charge in [-0.1, -0.05) is 0 Å². The molecule has 0 spiro atoms. The summed E-state index contributed by atoms with van der Waals surface area (Å²) in [5, 5.41) is 2.46. The minimum atomic E-state index is -0.653. The number of methoxy groups -OCH3 is 1. The number of ether oxygens (including phenoxy) is 1. The minimum Gasteiger partial charge on any atom is -0.465 e. The van der Waals surface area contributed by atoms with Gasteiger partial charge in [-0.05, 0) is 19.1 Å². The molecule has 6 nitrogen and oxygen atoms in total. The lowest BCUT2D eigenvalue weighted by molar-refractivity contribution is -0.119. The van der Waals surface area contributed by atoms with Gasteiger partial charge in [-0.2, -0.15) is 0 Å². The Morgan fingerprint density at radius 3 is 2.60 bits per heavy atom. The standard InChI is InChI=1S/C13H18FN3O3/c1-4-17(7-12(18)16-2)11-5-8(13(19)20-3)10(15)6-9(11)14/h5-6H,4,7,15H2,1-3H3,(H,16,18). The van der Waals surface area contributed by atoms with E-state index in [2.05, 4.69) is 10.1 Å². The van der Waals surface area contributed by atoms with Crippen molar-refractivity contribution in [3.8, 4) is 0 Å². The molecule has 0 fully saturated rings. The van der Waals surface area contributed by atoms with Gasteiger partial charge in [0.2, 0.25) is 5.91 Å². The number of likely N-dealkylation sites (N-methyl/N-ethyl adjacent to an activating group) is 2. The Morgan fingerprint density at radius 2 is 2.10 bits per heavy atom. The van der Waals surface area contributed by atoms with E-state index in [1.165, 1.54) is 25.1 Å². The molecule has 0 radical (unpaired) electrons. The summed E-state index contributed by atoms with van der Waals surface area (Å²) in [5.74, 6) is -1.51. The van der Waals surface area contributed by atoms with Crippen LogP contribution in [0.2, 0.25) is 0 Å². The van der Waals surface area contributed by atoms with E-state index in [0.29, 0.717) is 6.54 Å². The van der Waals surface area contributed by atoms with Crippen LogP contribution in [0.1, 0.15) is 17.3 Å². The second-order valence-corrected chi connectivity index (χ2v) is 4.07. The zero-order valence-electron chi connectivity index (χ0n) is 11.7. The van der Waals surface area contributed by atoms with Gasteiger partial charge in [-0.3, -0.25) is 4.79 Å². The normalized spacial score (nSPS) is 10.0. The molecule has 0 aliphatic carbocycles. The third kappa shape index (κ3) is 3.37. The lowest BCUT2D eigenvalue weighted by Crippen LogP contribution is -2.36. The van der Waals surface area contributed by atoms with Gasteiger partial charge in [-0.25, -0.2) is 9.18 Å². The number of hydrogen-bond acceptors (Lipinski definition) is 5. The summed E-state index contributed by atoms with van der Waals surface area (Å²) < 4.78 is 18.6. The first-order valence-electron chi connectivity index (χ1n) is 6.07. The Labute approximate surface area is 116 Å². The first kappa shape index (κ1) is 15.7. The smallest absolute Gasteiger partial charge is 0.340 e. The zero-order chi connectivity index (χ0) is 15.3. The SMILES string of the molecule is CCN(CC(=O)NC)c1cc(C(=O)OC)c(N)cc1F. The van der Waals surface area contributed by atoms with E-state index in [1.807, 2.05) is 0 Å². The Hall–Kier alpha value is -2.31. The predicted octanol–water partition coefficient (Wildman–Crippen LogP) is 0.767. The number of nitrogens with one attached hydrogen (secondary N) is 1. The first-order valence-corrected chi connectivity index (χ1v) is 6.07. The van der Waals surface area contributed by atoms with E-state index in [1.54, 1.807) is 6.92 Å². The number of rotatable bonds is 5. The number of carbonyl (C=O) groups excluding carboxylic acids is 2. The van der Waals surface area contributed by atoms with Gasteiger partial charge >= 0.3 is 5.97 Å². The van der Waals surface area contributed by atoms with Gasteiger partial charge < -0.3 is 20.7 Å². The highest BCUT2D eigenvalue weighted by atomic mass is 19.1. The van der Waals surface area contributed by atoms with Crippen molar-refractivity contribution in [1.82, 2.24) is 5.32 Å². The van der Waals surface area contributed by atoms with Crippen LogP contribution in [0, 0.1) is 5.82 Å². The van der Waals surface area contributed by atoms with Crippen molar-refractivity contribution in [3.05, 3.63) is 23.5 Å². The highest BCUT2D eigenvalue weighted by molar-refractivity contribution is 5.96. The summed E-state index contributed by atoms with van der Waals surface area (Å²) in [6, 6.07) is 2.34. The molecular weight excluding hydrogens is 265 g/mol. The number of nitrogens with two attached hydrogens (primary N) is 1. The molecule has 1 aromatic rings. The number of hydrogen-bond donors (Lipinski definition) is 2. The highest BCUT2D eigenvalue weighted by Gasteiger charge is 2.19. The fraction of sp³-hybridized carbons (Fsp3) is 0.385. The molecule has 1 amide bonds. The van der Waals surface area contributed by atoms with Crippen LogP contribution >= 0.6 is 0 Å². The maximum absolute atomic E-state index is 14.0. The number of amides is 1. The lowest BCUT2D eigenvalue weighted by Gasteiger charge is -2.23. The van der Waals surface area contributed by atoms with E-state index in [-0.39, 0.29) is 29.4 Å². The van der Waals surface area contributed by atoms with Crippen LogP contribution in [0.5, 0.6) is 0 Å². The van der Waals surface area contributed by atoms with Gasteiger partial charge in [0.25, 0.3) is 0 Å². The molecule has 1 rings (SSSR count). The molecule has 0 aliphatic heterocycles. The number of nitrogen functional groups attached to an aromatic ring is 1. The van der Waals surface area contributed by atoms with Crippen LogP contribution in [-0.2, 0) is 9.53 Å². The van der Waals surface area contributed by atoms with Crippen molar-refractivity contribution in [2.45, 2.75) is 6.92 Å². The van der Waals surface area contributed by atoms with E-state index in [4.69, 9.17) is 5.73 Å². The van der Waals surface area contributed by atoms with Gasteiger partial charge in [-0.15, -0.1) is 0 Å². The summed E-state index contributed by atoms with van der Waals surface area (Å²) in [5.41, 5.74) is 5.79. The van der Waals surface area contributed by atoms with Crippen LogP contribution in [0.25, 0.3) is 0 Å². The van der Waals surface area contributed by atoms with Crippen LogP contribution in [0.4, 0.5) is 15.8 Å². The number of halogens is 1. The third-order valence-electron chi connectivity index (χ3n) is 2.86. The Kier molecular flexibility index (Phi) is 5.31. The number of benzene rings is 1. The fourth-order valence-corrected chi connectivity index (χ4v) is 1.73. The molecule has 0 bridgehead atoms. The number of nitrogens with zero attached hydrogens (tertiary/aromatic N) is 1. The zero-order valence-corrected chi connectivity index (χ0v) is 11.7. The number of anilines is 2. The van der Waals surface area contributed by atoms with Crippen LogP contribution in [-0.4, -0.2) is 39.1 Å². The van der Waals surface area contributed by atoms with Crippen molar-refractivity contribution >= 4 is 23.3 Å². The molecule has 0 atom stereocenters. The van der Waals surface area contributed by atoms with E-state index in [9.17, 15) is 14.0 Å². The summed E-state index contributed by atoms with van der Waals surface area (Å²) >= 11 is 0. The van der Waals surface area contributed by atoms with E-state index in [0.717, 1.165) is 6.07 Å². The third-order valence-corrected chi connectivity index (χ3v) is 2.86. The molecule has 0 heterocycles.